The van der Waals surface area contributed by atoms with Crippen LogP contribution in [-0.4, -0.2) is 20.0 Å². The number of amides is 1. The number of rotatable bonds is 4. The molecule has 8 heteroatoms. The van der Waals surface area contributed by atoms with Gasteiger partial charge in [-0.1, -0.05) is 12.1 Å². The second kappa shape index (κ2) is 6.86. The van der Waals surface area contributed by atoms with Crippen LogP contribution in [0, 0.1) is 0 Å². The molecule has 0 aliphatic rings. The van der Waals surface area contributed by atoms with Crippen LogP contribution in [0.25, 0.3) is 16.3 Å². The van der Waals surface area contributed by atoms with Crippen molar-refractivity contribution in [1.82, 2.24) is 19.4 Å². The molecule has 25 heavy (non-hydrogen) atoms. The van der Waals surface area contributed by atoms with Crippen LogP contribution in [0.15, 0.2) is 46.1 Å². The zero-order chi connectivity index (χ0) is 18.0. The van der Waals surface area contributed by atoms with Gasteiger partial charge in [0, 0.05) is 26.4 Å². The quantitative estimate of drug-likeness (QED) is 0.707. The summed E-state index contributed by atoms with van der Waals surface area (Å²) in [6, 6.07) is 7.76. The summed E-state index contributed by atoms with van der Waals surface area (Å²) in [5, 5.41) is 3.54. The molecule has 0 radical (unpaired) electrons. The molecule has 2 aromatic heterocycles. The van der Waals surface area contributed by atoms with Crippen LogP contribution in [-0.2, 0) is 25.4 Å². The monoisotopic (exact) mass is 356 g/mol. The number of carbonyl (C=O) groups is 1. The van der Waals surface area contributed by atoms with Gasteiger partial charge in [-0.2, -0.15) is 0 Å². The number of hydrogen-bond donors (Lipinski definition) is 1. The summed E-state index contributed by atoms with van der Waals surface area (Å²) in [5.41, 5.74) is 0.307. The minimum absolute atomic E-state index is 0.264. The fraction of sp³-hybridized carbons (Fsp3) is 0.176. The van der Waals surface area contributed by atoms with Crippen LogP contribution in [0.2, 0.25) is 0 Å². The van der Waals surface area contributed by atoms with Gasteiger partial charge in [-0.05, 0) is 18.2 Å². The molecule has 0 saturated heterocycles. The van der Waals surface area contributed by atoms with Gasteiger partial charge in [-0.15, -0.1) is 11.3 Å². The fourth-order valence-corrected chi connectivity index (χ4v) is 3.24. The molecule has 0 saturated carbocycles. The van der Waals surface area contributed by atoms with Crippen molar-refractivity contribution in [3.05, 3.63) is 67.9 Å². The predicted molar refractivity (Wildman–Crippen MR) is 97.4 cm³/mol. The van der Waals surface area contributed by atoms with Gasteiger partial charge in [0.25, 0.3) is 5.56 Å². The van der Waals surface area contributed by atoms with Gasteiger partial charge in [0.2, 0.25) is 5.91 Å². The minimum atomic E-state index is -0.446. The molecule has 128 valence electrons. The lowest BCUT2D eigenvalue weighted by atomic mass is 10.3. The van der Waals surface area contributed by atoms with E-state index in [1.807, 2.05) is 24.3 Å². The molecule has 7 nitrogen and oxygen atoms in total. The lowest BCUT2D eigenvalue weighted by molar-refractivity contribution is -0.116. The Bertz CT molecular complexity index is 1060. The number of nitrogens with one attached hydrogen (secondary N) is 1. The summed E-state index contributed by atoms with van der Waals surface area (Å²) >= 11 is 1.52. The highest BCUT2D eigenvalue weighted by molar-refractivity contribution is 7.18. The van der Waals surface area contributed by atoms with Crippen LogP contribution in [0.3, 0.4) is 0 Å². The van der Waals surface area contributed by atoms with Crippen LogP contribution in [0.1, 0.15) is 10.6 Å². The summed E-state index contributed by atoms with van der Waals surface area (Å²) in [7, 11) is 2.95. The summed E-state index contributed by atoms with van der Waals surface area (Å²) in [5.74, 6) is -0.338. The highest BCUT2D eigenvalue weighted by Crippen LogP contribution is 2.21. The van der Waals surface area contributed by atoms with Crippen molar-refractivity contribution >= 4 is 33.5 Å². The number of benzene rings is 1. The number of aromatic nitrogens is 3. The molecule has 3 aromatic rings. The highest BCUT2D eigenvalue weighted by Gasteiger charge is 2.06. The fourth-order valence-electron chi connectivity index (χ4n) is 2.33. The number of hydrogen-bond acceptors (Lipinski definition) is 5. The van der Waals surface area contributed by atoms with Gasteiger partial charge in [-0.25, -0.2) is 9.78 Å². The van der Waals surface area contributed by atoms with Crippen LogP contribution < -0.4 is 16.6 Å². The van der Waals surface area contributed by atoms with Gasteiger partial charge >= 0.3 is 5.69 Å². The predicted octanol–water partition coefficient (Wildman–Crippen LogP) is 1.02. The van der Waals surface area contributed by atoms with Crippen molar-refractivity contribution < 1.29 is 4.79 Å². The van der Waals surface area contributed by atoms with Crippen molar-refractivity contribution in [3.63, 3.8) is 0 Å². The van der Waals surface area contributed by atoms with E-state index in [1.165, 1.54) is 41.3 Å². The molecule has 0 fully saturated rings. The van der Waals surface area contributed by atoms with Crippen LogP contribution >= 0.6 is 11.3 Å². The van der Waals surface area contributed by atoms with E-state index < -0.39 is 11.2 Å². The first-order valence-electron chi connectivity index (χ1n) is 7.53. The minimum Gasteiger partial charge on any atom is -0.346 e. The van der Waals surface area contributed by atoms with Crippen LogP contribution in [0.4, 0.5) is 0 Å². The third-order valence-corrected chi connectivity index (χ3v) is 4.68. The van der Waals surface area contributed by atoms with Gasteiger partial charge in [0.05, 0.1) is 22.3 Å². The molecule has 1 amide bonds. The molecular weight excluding hydrogens is 340 g/mol. The molecule has 0 aliphatic carbocycles. The van der Waals surface area contributed by atoms with E-state index in [1.54, 1.807) is 7.05 Å². The Kier molecular flexibility index (Phi) is 4.62. The molecule has 2 heterocycles. The first-order chi connectivity index (χ1) is 12.0. The second-order valence-corrected chi connectivity index (χ2v) is 6.58. The number of para-hydroxylation sites is 1. The number of nitrogens with zero attached hydrogens (tertiary/aromatic N) is 3. The standard InChI is InChI=1S/C17H16N4O3S/c1-20-10-11(16(23)21(2)17(20)24)7-8-14(22)18-9-15-19-12-5-3-4-6-13(12)25-15/h3-8,10H,9H2,1-2H3,(H,18,22)/b8-7+. The van der Waals surface area contributed by atoms with E-state index >= 15 is 0 Å². The second-order valence-electron chi connectivity index (χ2n) is 5.47. The Labute approximate surface area is 146 Å². The molecule has 3 rings (SSSR count). The van der Waals surface area contributed by atoms with Crippen molar-refractivity contribution in [3.8, 4) is 0 Å². The molecular formula is C17H16N4O3S. The average molecular weight is 356 g/mol. The summed E-state index contributed by atoms with van der Waals surface area (Å²) in [6.07, 6.45) is 4.08. The molecule has 1 N–H and O–H groups in total. The van der Waals surface area contributed by atoms with Crippen molar-refractivity contribution in [2.75, 3.05) is 0 Å². The van der Waals surface area contributed by atoms with E-state index in [2.05, 4.69) is 10.3 Å². The Morgan fingerprint density at radius 3 is 2.80 bits per heavy atom. The highest BCUT2D eigenvalue weighted by atomic mass is 32.1. The first kappa shape index (κ1) is 16.8. The molecule has 0 spiro atoms. The van der Waals surface area contributed by atoms with Gasteiger partial charge in [0.1, 0.15) is 5.01 Å². The molecule has 0 aliphatic heterocycles. The largest absolute Gasteiger partial charge is 0.346 e. The van der Waals surface area contributed by atoms with Gasteiger partial charge in [-0.3, -0.25) is 14.2 Å². The third-order valence-electron chi connectivity index (χ3n) is 3.64. The SMILES string of the molecule is Cn1cc(/C=C/C(=O)NCc2nc3ccccc3s2)c(=O)n(C)c1=O. The lowest BCUT2D eigenvalue weighted by Gasteiger charge is -2.03. The zero-order valence-corrected chi connectivity index (χ0v) is 14.5. The number of carbonyl (C=O) groups excluding carboxylic acids is 1. The van der Waals surface area contributed by atoms with Crippen LogP contribution in [0.5, 0.6) is 0 Å². The Morgan fingerprint density at radius 2 is 2.04 bits per heavy atom. The number of aryl methyl sites for hydroxylation is 1. The molecule has 0 atom stereocenters. The van der Waals surface area contributed by atoms with E-state index in [-0.39, 0.29) is 11.5 Å². The molecule has 0 unspecified atom stereocenters. The number of thiazole rings is 1. The first-order valence-corrected chi connectivity index (χ1v) is 8.34. The smallest absolute Gasteiger partial charge is 0.330 e. The number of fused-ring (bicyclic) bond motifs is 1. The summed E-state index contributed by atoms with van der Waals surface area (Å²) in [6.45, 7) is 0.313. The Hall–Kier alpha value is -3.00. The van der Waals surface area contributed by atoms with Crippen molar-refractivity contribution in [2.24, 2.45) is 14.1 Å². The summed E-state index contributed by atoms with van der Waals surface area (Å²) < 4.78 is 3.36. The van der Waals surface area contributed by atoms with E-state index in [0.717, 1.165) is 19.8 Å². The van der Waals surface area contributed by atoms with Crippen molar-refractivity contribution in [2.45, 2.75) is 6.54 Å². The van der Waals surface area contributed by atoms with E-state index in [0.29, 0.717) is 6.54 Å². The van der Waals surface area contributed by atoms with Crippen molar-refractivity contribution in [1.29, 1.82) is 0 Å². The summed E-state index contributed by atoms with van der Waals surface area (Å²) in [4.78, 5) is 40.0. The molecule has 0 bridgehead atoms. The molecule has 1 aromatic carbocycles. The topological polar surface area (TPSA) is 86.0 Å². The Morgan fingerprint density at radius 1 is 1.28 bits per heavy atom. The van der Waals surface area contributed by atoms with E-state index in [4.69, 9.17) is 0 Å². The van der Waals surface area contributed by atoms with Gasteiger partial charge < -0.3 is 9.88 Å². The zero-order valence-electron chi connectivity index (χ0n) is 13.7. The average Bonchev–Trinajstić information content (AvgIpc) is 3.03. The van der Waals surface area contributed by atoms with Gasteiger partial charge in [0.15, 0.2) is 0 Å². The maximum Gasteiger partial charge on any atom is 0.330 e. The lowest BCUT2D eigenvalue weighted by Crippen LogP contribution is -2.37. The third kappa shape index (κ3) is 3.58. The Balaban J connectivity index is 1.69. The maximum atomic E-state index is 12.0. The normalized spacial score (nSPS) is 11.3. The maximum absolute atomic E-state index is 12.0. The van der Waals surface area contributed by atoms with E-state index in [9.17, 15) is 14.4 Å².